The maximum absolute atomic E-state index is 13.1. The minimum Gasteiger partial charge on any atom is -0.482 e. The number of hydrogen-bond acceptors (Lipinski definition) is 5. The van der Waals surface area contributed by atoms with Crippen LogP contribution in [0.3, 0.4) is 0 Å². The number of aryl methyl sites for hydroxylation is 1. The number of Topliss-reactive ketones (excluding diaryl/α,β-unsaturated/α-hetero) is 1. The van der Waals surface area contributed by atoms with E-state index in [0.29, 0.717) is 17.9 Å². The van der Waals surface area contributed by atoms with Crippen molar-refractivity contribution in [3.8, 4) is 5.75 Å². The summed E-state index contributed by atoms with van der Waals surface area (Å²) in [6.07, 6.45) is 8.79. The van der Waals surface area contributed by atoms with Crippen molar-refractivity contribution in [1.29, 1.82) is 0 Å². The van der Waals surface area contributed by atoms with Gasteiger partial charge in [-0.15, -0.1) is 0 Å². The first-order valence-corrected chi connectivity index (χ1v) is 11.9. The van der Waals surface area contributed by atoms with E-state index in [-0.39, 0.29) is 18.8 Å². The average Bonchev–Trinajstić information content (AvgIpc) is 2.83. The fourth-order valence-corrected chi connectivity index (χ4v) is 3.75. The van der Waals surface area contributed by atoms with Crippen molar-refractivity contribution in [2.24, 2.45) is 0 Å². The van der Waals surface area contributed by atoms with Gasteiger partial charge in [0.2, 0.25) is 0 Å². The van der Waals surface area contributed by atoms with Gasteiger partial charge in [0.25, 0.3) is 0 Å². The molecule has 3 aromatic rings. The Hall–Kier alpha value is -3.21. The molecule has 0 aliphatic rings. The number of pyridine rings is 1. The van der Waals surface area contributed by atoms with E-state index in [1.165, 1.54) is 24.8 Å². The Kier molecular flexibility index (Phi) is 9.43. The quantitative estimate of drug-likeness (QED) is 0.180. The molecule has 174 valence electrons. The summed E-state index contributed by atoms with van der Waals surface area (Å²) in [6, 6.07) is 15.2. The SMILES string of the molecule is CCCCCCc1cnc2c(C(=O)Cc3cccc(OCC(=O)OCCC)c3)cccc2c1. The first-order valence-electron chi connectivity index (χ1n) is 11.9. The van der Waals surface area contributed by atoms with Gasteiger partial charge in [0.15, 0.2) is 12.4 Å². The van der Waals surface area contributed by atoms with Crippen LogP contribution >= 0.6 is 0 Å². The van der Waals surface area contributed by atoms with Gasteiger partial charge in [-0.1, -0.05) is 57.4 Å². The summed E-state index contributed by atoms with van der Waals surface area (Å²) in [7, 11) is 0. The standard InChI is InChI=1S/C28H33NO4/c1-3-5-6-7-10-22-16-23-12-9-14-25(28(23)29-19-22)26(30)18-21-11-8-13-24(17-21)33-20-27(31)32-15-4-2/h8-9,11-14,16-17,19H,3-7,10,15,18,20H2,1-2H3. The van der Waals surface area contributed by atoms with Gasteiger partial charge in [-0.25, -0.2) is 4.79 Å². The monoisotopic (exact) mass is 447 g/mol. The van der Waals surface area contributed by atoms with Gasteiger partial charge >= 0.3 is 5.97 Å². The molecule has 0 spiro atoms. The van der Waals surface area contributed by atoms with E-state index in [0.717, 1.165) is 35.7 Å². The molecule has 2 aromatic carbocycles. The number of rotatable bonds is 13. The molecule has 33 heavy (non-hydrogen) atoms. The number of para-hydroxylation sites is 1. The second-order valence-corrected chi connectivity index (χ2v) is 8.29. The Morgan fingerprint density at radius 1 is 0.909 bits per heavy atom. The number of esters is 1. The fourth-order valence-electron chi connectivity index (χ4n) is 3.75. The van der Waals surface area contributed by atoms with Crippen molar-refractivity contribution in [2.45, 2.75) is 58.8 Å². The molecule has 0 radical (unpaired) electrons. The molecule has 0 amide bonds. The molecule has 0 aliphatic heterocycles. The van der Waals surface area contributed by atoms with Gasteiger partial charge in [-0.3, -0.25) is 9.78 Å². The second kappa shape index (κ2) is 12.7. The summed E-state index contributed by atoms with van der Waals surface area (Å²) in [5.74, 6) is 0.144. The lowest BCUT2D eigenvalue weighted by Gasteiger charge is -2.09. The molecule has 1 aromatic heterocycles. The lowest BCUT2D eigenvalue weighted by Crippen LogP contribution is -2.15. The number of fused-ring (bicyclic) bond motifs is 1. The lowest BCUT2D eigenvalue weighted by molar-refractivity contribution is -0.146. The van der Waals surface area contributed by atoms with Gasteiger partial charge in [0.1, 0.15) is 5.75 Å². The number of hydrogen-bond donors (Lipinski definition) is 0. The number of benzene rings is 2. The van der Waals surface area contributed by atoms with Gasteiger partial charge < -0.3 is 9.47 Å². The fraction of sp³-hybridized carbons (Fsp3) is 0.393. The van der Waals surface area contributed by atoms with Gasteiger partial charge in [0, 0.05) is 23.6 Å². The molecular weight excluding hydrogens is 414 g/mol. The molecule has 0 aliphatic carbocycles. The maximum atomic E-state index is 13.1. The molecule has 0 saturated carbocycles. The molecule has 0 saturated heterocycles. The third kappa shape index (κ3) is 7.41. The number of ketones is 1. The highest BCUT2D eigenvalue weighted by molar-refractivity contribution is 6.07. The Balaban J connectivity index is 1.66. The molecule has 1 heterocycles. The Morgan fingerprint density at radius 2 is 1.76 bits per heavy atom. The van der Waals surface area contributed by atoms with Crippen LogP contribution in [0.15, 0.2) is 54.7 Å². The van der Waals surface area contributed by atoms with Gasteiger partial charge in [0.05, 0.1) is 12.1 Å². The minimum absolute atomic E-state index is 0.00306. The van der Waals surface area contributed by atoms with Crippen molar-refractivity contribution in [3.63, 3.8) is 0 Å². The number of carbonyl (C=O) groups excluding carboxylic acids is 2. The van der Waals surface area contributed by atoms with Crippen molar-refractivity contribution in [3.05, 3.63) is 71.4 Å². The van der Waals surface area contributed by atoms with Crippen LogP contribution in [0.1, 0.15) is 67.4 Å². The summed E-state index contributed by atoms with van der Waals surface area (Å²) < 4.78 is 10.5. The molecule has 3 rings (SSSR count). The number of unbranched alkanes of at least 4 members (excludes halogenated alkanes) is 3. The lowest BCUT2D eigenvalue weighted by atomic mass is 9.99. The predicted octanol–water partition coefficient (Wildman–Crippen LogP) is 6.12. The highest BCUT2D eigenvalue weighted by Crippen LogP contribution is 2.22. The molecule has 0 bridgehead atoms. The zero-order chi connectivity index (χ0) is 23.5. The third-order valence-corrected chi connectivity index (χ3v) is 5.47. The number of aromatic nitrogens is 1. The molecule has 0 unspecified atom stereocenters. The van der Waals surface area contributed by atoms with Crippen LogP contribution < -0.4 is 4.74 Å². The molecular formula is C28H33NO4. The normalized spacial score (nSPS) is 10.8. The van der Waals surface area contributed by atoms with Crippen LogP contribution in [-0.4, -0.2) is 30.0 Å². The van der Waals surface area contributed by atoms with Gasteiger partial charge in [-0.05, 0) is 54.7 Å². The number of nitrogens with zero attached hydrogens (tertiary/aromatic N) is 1. The van der Waals surface area contributed by atoms with Crippen molar-refractivity contribution < 1.29 is 19.1 Å². The second-order valence-electron chi connectivity index (χ2n) is 8.29. The molecule has 0 atom stereocenters. The predicted molar refractivity (Wildman–Crippen MR) is 131 cm³/mol. The van der Waals surface area contributed by atoms with Crippen LogP contribution in [0.2, 0.25) is 0 Å². The Labute approximate surface area is 196 Å². The van der Waals surface area contributed by atoms with Crippen molar-refractivity contribution in [2.75, 3.05) is 13.2 Å². The first-order chi connectivity index (χ1) is 16.1. The molecule has 5 nitrogen and oxygen atoms in total. The van der Waals surface area contributed by atoms with Gasteiger partial charge in [-0.2, -0.15) is 0 Å². The summed E-state index contributed by atoms with van der Waals surface area (Å²) in [4.78, 5) is 29.4. The maximum Gasteiger partial charge on any atom is 0.344 e. The van der Waals surface area contributed by atoms with E-state index in [1.54, 1.807) is 12.1 Å². The Bertz CT molecular complexity index is 1080. The van der Waals surface area contributed by atoms with Crippen LogP contribution in [-0.2, 0) is 22.4 Å². The highest BCUT2D eigenvalue weighted by atomic mass is 16.6. The van der Waals surface area contributed by atoms with E-state index in [4.69, 9.17) is 9.47 Å². The van der Waals surface area contributed by atoms with E-state index >= 15 is 0 Å². The zero-order valence-electron chi connectivity index (χ0n) is 19.6. The van der Waals surface area contributed by atoms with E-state index in [2.05, 4.69) is 18.0 Å². The molecule has 0 fully saturated rings. The topological polar surface area (TPSA) is 65.5 Å². The van der Waals surface area contributed by atoms with E-state index in [9.17, 15) is 9.59 Å². The summed E-state index contributed by atoms with van der Waals surface area (Å²) in [5.41, 5.74) is 3.40. The van der Waals surface area contributed by atoms with Crippen LogP contribution in [0.5, 0.6) is 5.75 Å². The highest BCUT2D eigenvalue weighted by Gasteiger charge is 2.13. The zero-order valence-corrected chi connectivity index (χ0v) is 19.6. The number of ether oxygens (including phenoxy) is 2. The van der Waals surface area contributed by atoms with Crippen LogP contribution in [0, 0.1) is 0 Å². The summed E-state index contributed by atoms with van der Waals surface area (Å²) in [6.45, 7) is 4.39. The van der Waals surface area contributed by atoms with Crippen molar-refractivity contribution in [1.82, 2.24) is 4.98 Å². The molecule has 5 heteroatoms. The van der Waals surface area contributed by atoms with Crippen molar-refractivity contribution >= 4 is 22.7 Å². The number of carbonyl (C=O) groups is 2. The summed E-state index contributed by atoms with van der Waals surface area (Å²) >= 11 is 0. The molecule has 0 N–H and O–H groups in total. The summed E-state index contributed by atoms with van der Waals surface area (Å²) in [5, 5.41) is 0.997. The largest absolute Gasteiger partial charge is 0.482 e. The minimum atomic E-state index is -0.398. The van der Waals surface area contributed by atoms with E-state index in [1.807, 2.05) is 43.5 Å². The first kappa shape index (κ1) is 24.4. The van der Waals surface area contributed by atoms with Crippen LogP contribution in [0.4, 0.5) is 0 Å². The third-order valence-electron chi connectivity index (χ3n) is 5.47. The van der Waals surface area contributed by atoms with E-state index < -0.39 is 5.97 Å². The average molecular weight is 448 g/mol. The van der Waals surface area contributed by atoms with Crippen LogP contribution in [0.25, 0.3) is 10.9 Å². The Morgan fingerprint density at radius 3 is 2.58 bits per heavy atom. The smallest absolute Gasteiger partial charge is 0.344 e.